The first kappa shape index (κ1) is 30.1. The molecule has 0 amide bonds. The molecule has 0 heterocycles. The number of aliphatic hydroxyl groups is 1. The summed E-state index contributed by atoms with van der Waals surface area (Å²) in [6, 6.07) is 17.7. The van der Waals surface area contributed by atoms with Gasteiger partial charge in [-0.15, -0.1) is 0 Å². The van der Waals surface area contributed by atoms with E-state index in [1.807, 2.05) is 30.3 Å². The summed E-state index contributed by atoms with van der Waals surface area (Å²) < 4.78 is 10.4. The molecule has 2 unspecified atom stereocenters. The Morgan fingerprint density at radius 3 is 2.14 bits per heavy atom. The number of aliphatic hydroxyl groups excluding tert-OH is 1. The molecule has 2 atom stereocenters. The summed E-state index contributed by atoms with van der Waals surface area (Å²) in [4.78, 5) is 25.9. The molecule has 0 bridgehead atoms. The summed E-state index contributed by atoms with van der Waals surface area (Å²) >= 11 is 6.81. The van der Waals surface area contributed by atoms with E-state index < -0.39 is 27.7 Å². The smallest absolute Gasteiger partial charge is 0.338 e. The number of allylic oxidation sites excluding steroid dienone is 1. The Balaban J connectivity index is 2.31. The highest BCUT2D eigenvalue weighted by Crippen LogP contribution is 2.43. The minimum absolute atomic E-state index is 0.0247. The minimum atomic E-state index is -1.22. The summed E-state index contributed by atoms with van der Waals surface area (Å²) in [5.41, 5.74) is -0.475. The fourth-order valence-electron chi connectivity index (χ4n) is 3.55. The van der Waals surface area contributed by atoms with Crippen molar-refractivity contribution in [3.05, 3.63) is 78.1 Å². The number of carbonyl (C=O) groups excluding carboxylic acids is 2. The van der Waals surface area contributed by atoms with Crippen LogP contribution in [0.15, 0.2) is 66.9 Å². The Kier molecular flexibility index (Phi) is 10.1. The highest BCUT2D eigenvalue weighted by Gasteiger charge is 2.44. The summed E-state index contributed by atoms with van der Waals surface area (Å²) in [5.74, 6) is -0.834. The van der Waals surface area contributed by atoms with E-state index in [1.54, 1.807) is 34.6 Å². The molecule has 6 nitrogen and oxygen atoms in total. The maximum Gasteiger partial charge on any atom is 0.338 e. The zero-order valence-corrected chi connectivity index (χ0v) is 23.5. The lowest BCUT2D eigenvalue weighted by atomic mass is 9.78. The lowest BCUT2D eigenvalue weighted by molar-refractivity contribution is -0.137. The van der Waals surface area contributed by atoms with Gasteiger partial charge in [0, 0.05) is 6.42 Å². The molecule has 0 fully saturated rings. The van der Waals surface area contributed by atoms with Gasteiger partial charge in [-0.05, 0) is 77.3 Å². The van der Waals surface area contributed by atoms with Crippen LogP contribution in [0.4, 0.5) is 0 Å². The van der Waals surface area contributed by atoms with Crippen molar-refractivity contribution in [1.29, 1.82) is 5.26 Å². The number of hydrogen-bond donors (Lipinski definition) is 1. The van der Waals surface area contributed by atoms with Crippen LogP contribution in [0.1, 0.15) is 69.8 Å². The van der Waals surface area contributed by atoms with E-state index in [0.717, 1.165) is 5.56 Å². The summed E-state index contributed by atoms with van der Waals surface area (Å²) in [6.45, 7) is 12.3. The van der Waals surface area contributed by atoms with Gasteiger partial charge in [-0.25, -0.2) is 4.79 Å². The molecular formula is C29H33NO5S2. The molecule has 2 aromatic carbocycles. The van der Waals surface area contributed by atoms with E-state index in [1.165, 1.54) is 36.0 Å². The number of nitriles is 1. The summed E-state index contributed by atoms with van der Waals surface area (Å²) in [7, 11) is 0. The SMILES string of the molecule is C=C(O)CCC(C)(C#N)CC(C)(SC(=S)c1ccccc1)C(=O)Oc1ccc(C(=O)OC(C)(C)C)cc1. The van der Waals surface area contributed by atoms with Gasteiger partial charge in [0.25, 0.3) is 0 Å². The second-order valence-corrected chi connectivity index (χ2v) is 12.5. The Hall–Kier alpha value is -3.15. The van der Waals surface area contributed by atoms with Gasteiger partial charge in [0.05, 0.1) is 27.0 Å². The van der Waals surface area contributed by atoms with Crippen molar-refractivity contribution >= 4 is 40.1 Å². The van der Waals surface area contributed by atoms with Crippen LogP contribution in [0.25, 0.3) is 0 Å². The van der Waals surface area contributed by atoms with Crippen LogP contribution in [-0.2, 0) is 9.53 Å². The summed E-state index contributed by atoms with van der Waals surface area (Å²) in [5, 5.41) is 19.5. The molecule has 2 rings (SSSR count). The zero-order chi connectivity index (χ0) is 27.9. The average Bonchev–Trinajstić information content (AvgIpc) is 2.82. The largest absolute Gasteiger partial charge is 0.513 e. The molecule has 8 heteroatoms. The van der Waals surface area contributed by atoms with Crippen molar-refractivity contribution in [3.8, 4) is 11.8 Å². The normalized spacial score (nSPS) is 14.4. The third-order valence-electron chi connectivity index (χ3n) is 5.42. The van der Waals surface area contributed by atoms with Crippen LogP contribution in [0, 0.1) is 16.7 Å². The molecule has 0 aromatic heterocycles. The molecule has 0 saturated heterocycles. The number of carbonyl (C=O) groups is 2. The predicted molar refractivity (Wildman–Crippen MR) is 151 cm³/mol. The molecule has 0 radical (unpaired) electrons. The first-order valence-electron chi connectivity index (χ1n) is 11.8. The maximum absolute atomic E-state index is 13.6. The van der Waals surface area contributed by atoms with Crippen molar-refractivity contribution in [2.75, 3.05) is 0 Å². The standard InChI is InChI=1S/C29H33NO5S2/c1-20(31)16-17-28(5,19-30)18-29(6,37-25(36)22-10-8-7-9-11-22)26(33)34-23-14-12-21(13-15-23)24(32)35-27(2,3)4/h7-15,31H,1,16-18H2,2-6H3. The number of esters is 2. The molecule has 0 saturated carbocycles. The van der Waals surface area contributed by atoms with E-state index in [4.69, 9.17) is 21.7 Å². The molecule has 196 valence electrons. The number of thioether (sulfide) groups is 1. The van der Waals surface area contributed by atoms with Crippen molar-refractivity contribution in [1.82, 2.24) is 0 Å². The van der Waals surface area contributed by atoms with Gasteiger partial charge in [-0.1, -0.05) is 60.9 Å². The average molecular weight is 540 g/mol. The van der Waals surface area contributed by atoms with Gasteiger partial charge in [0.1, 0.15) is 16.1 Å². The molecule has 37 heavy (non-hydrogen) atoms. The molecular weight excluding hydrogens is 506 g/mol. The number of nitrogens with zero attached hydrogens (tertiary/aromatic N) is 1. The van der Waals surface area contributed by atoms with Crippen molar-refractivity contribution in [3.63, 3.8) is 0 Å². The van der Waals surface area contributed by atoms with E-state index in [-0.39, 0.29) is 24.4 Å². The van der Waals surface area contributed by atoms with Crippen LogP contribution >= 0.6 is 24.0 Å². The van der Waals surface area contributed by atoms with Gasteiger partial charge in [0.15, 0.2) is 0 Å². The number of rotatable bonds is 10. The van der Waals surface area contributed by atoms with Crippen LogP contribution in [-0.4, -0.2) is 31.6 Å². The van der Waals surface area contributed by atoms with Crippen molar-refractivity contribution in [2.45, 2.75) is 64.2 Å². The molecule has 0 aliphatic rings. The fraction of sp³-hybridized carbons (Fsp3) is 0.379. The lowest BCUT2D eigenvalue weighted by Crippen LogP contribution is -2.41. The number of hydrogen-bond acceptors (Lipinski definition) is 8. The van der Waals surface area contributed by atoms with Crippen LogP contribution < -0.4 is 4.74 Å². The molecule has 0 spiro atoms. The zero-order valence-electron chi connectivity index (χ0n) is 21.9. The first-order valence-corrected chi connectivity index (χ1v) is 13.0. The quantitative estimate of drug-likeness (QED) is 0.147. The van der Waals surface area contributed by atoms with Crippen LogP contribution in [0.5, 0.6) is 5.75 Å². The third kappa shape index (κ3) is 9.34. The second kappa shape index (κ2) is 12.4. The molecule has 0 aliphatic heterocycles. The Morgan fingerprint density at radius 1 is 1.03 bits per heavy atom. The Morgan fingerprint density at radius 2 is 1.62 bits per heavy atom. The topological polar surface area (TPSA) is 96.6 Å². The maximum atomic E-state index is 13.6. The highest BCUT2D eigenvalue weighted by molar-refractivity contribution is 8.25. The number of thiocarbonyl (C=S) groups is 1. The highest BCUT2D eigenvalue weighted by atomic mass is 32.2. The molecule has 0 aliphatic carbocycles. The van der Waals surface area contributed by atoms with Gasteiger partial charge >= 0.3 is 11.9 Å². The number of ether oxygens (including phenoxy) is 2. The van der Waals surface area contributed by atoms with E-state index >= 15 is 0 Å². The van der Waals surface area contributed by atoms with Crippen molar-refractivity contribution in [2.24, 2.45) is 5.41 Å². The Labute approximate surface area is 228 Å². The Bertz CT molecular complexity index is 1180. The van der Waals surface area contributed by atoms with Crippen LogP contribution in [0.2, 0.25) is 0 Å². The van der Waals surface area contributed by atoms with Gasteiger partial charge in [-0.2, -0.15) is 5.26 Å². The third-order valence-corrected chi connectivity index (χ3v) is 7.09. The van der Waals surface area contributed by atoms with E-state index in [0.29, 0.717) is 16.2 Å². The fourth-order valence-corrected chi connectivity index (χ4v) is 5.41. The minimum Gasteiger partial charge on any atom is -0.513 e. The summed E-state index contributed by atoms with van der Waals surface area (Å²) in [6.07, 6.45) is 0.663. The molecule has 1 N–H and O–H groups in total. The first-order chi connectivity index (χ1) is 17.2. The number of benzene rings is 2. The van der Waals surface area contributed by atoms with E-state index in [2.05, 4.69) is 12.6 Å². The monoisotopic (exact) mass is 539 g/mol. The van der Waals surface area contributed by atoms with Crippen molar-refractivity contribution < 1.29 is 24.2 Å². The predicted octanol–water partition coefficient (Wildman–Crippen LogP) is 7.19. The second-order valence-electron chi connectivity index (χ2n) is 10.3. The van der Waals surface area contributed by atoms with Crippen LogP contribution in [0.3, 0.4) is 0 Å². The lowest BCUT2D eigenvalue weighted by Gasteiger charge is -2.33. The van der Waals surface area contributed by atoms with Gasteiger partial charge in [0.2, 0.25) is 0 Å². The van der Waals surface area contributed by atoms with E-state index in [9.17, 15) is 20.0 Å². The van der Waals surface area contributed by atoms with Gasteiger partial charge < -0.3 is 14.6 Å². The molecule has 2 aromatic rings. The van der Waals surface area contributed by atoms with Gasteiger partial charge in [-0.3, -0.25) is 4.79 Å².